The highest BCUT2D eigenvalue weighted by molar-refractivity contribution is 7.91. The van der Waals surface area contributed by atoms with Crippen LogP contribution in [0.2, 0.25) is 0 Å². The van der Waals surface area contributed by atoms with Crippen LogP contribution in [0.15, 0.2) is 76.3 Å². The topological polar surface area (TPSA) is 180 Å². The van der Waals surface area contributed by atoms with Gasteiger partial charge in [0.2, 0.25) is 0 Å². The summed E-state index contributed by atoms with van der Waals surface area (Å²) in [6.45, 7) is 1.72. The second kappa shape index (κ2) is 12.0. The van der Waals surface area contributed by atoms with E-state index >= 15 is 0 Å². The van der Waals surface area contributed by atoms with Crippen LogP contribution in [0.3, 0.4) is 0 Å². The number of nitro groups is 1. The molecule has 0 aliphatic rings. The van der Waals surface area contributed by atoms with Crippen molar-refractivity contribution in [1.82, 2.24) is 10.0 Å². The number of thiophene rings is 1. The second-order valence-corrected chi connectivity index (χ2v) is 11.3. The second-order valence-electron chi connectivity index (χ2n) is 8.46. The van der Waals surface area contributed by atoms with E-state index in [1.165, 1.54) is 42.5 Å². The lowest BCUT2D eigenvalue weighted by atomic mass is 10.1. The number of rotatable bonds is 10. The first-order chi connectivity index (χ1) is 19.0. The summed E-state index contributed by atoms with van der Waals surface area (Å²) in [4.78, 5) is 22.3. The molecule has 0 saturated heterocycles. The Kier molecular flexibility index (Phi) is 8.52. The molecule has 5 N–H and O–H groups in total. The van der Waals surface area contributed by atoms with E-state index in [1.54, 1.807) is 23.6 Å². The number of hydrogen-bond acceptors (Lipinski definition) is 9. The van der Waals surface area contributed by atoms with E-state index < -0.39 is 21.0 Å². The molecule has 0 aliphatic carbocycles. The quantitative estimate of drug-likeness (QED) is 0.0752. The summed E-state index contributed by atoms with van der Waals surface area (Å²) in [5.41, 5.74) is 1.99. The molecule has 0 saturated carbocycles. The fourth-order valence-corrected chi connectivity index (χ4v) is 6.05. The van der Waals surface area contributed by atoms with Gasteiger partial charge in [-0.15, -0.1) is 11.3 Å². The summed E-state index contributed by atoms with van der Waals surface area (Å²) in [6.07, 6.45) is 0. The van der Waals surface area contributed by atoms with Crippen LogP contribution in [0, 0.1) is 17.0 Å². The number of aromatic hydroxyl groups is 2. The lowest BCUT2D eigenvalue weighted by Crippen LogP contribution is -2.36. The number of phenols is 2. The largest absolute Gasteiger partial charge is 0.504 e. The third-order valence-corrected chi connectivity index (χ3v) is 8.46. The van der Waals surface area contributed by atoms with Gasteiger partial charge < -0.3 is 25.6 Å². The van der Waals surface area contributed by atoms with Crippen molar-refractivity contribution >= 4 is 38.8 Å². The molecule has 208 valence electrons. The van der Waals surface area contributed by atoms with Gasteiger partial charge in [0, 0.05) is 48.1 Å². The molecule has 40 heavy (non-hydrogen) atoms. The van der Waals surface area contributed by atoms with Gasteiger partial charge in [0.25, 0.3) is 15.7 Å². The van der Waals surface area contributed by atoms with E-state index in [0.29, 0.717) is 22.6 Å². The predicted octanol–water partition coefficient (Wildman–Crippen LogP) is 4.94. The average Bonchev–Trinajstić information content (AvgIpc) is 3.40. The van der Waals surface area contributed by atoms with Crippen molar-refractivity contribution in [2.75, 3.05) is 18.4 Å². The van der Waals surface area contributed by atoms with Gasteiger partial charge in [-0.25, -0.2) is 17.9 Å². The molecule has 0 unspecified atom stereocenters. The number of sulfonamides is 1. The van der Waals surface area contributed by atoms with Crippen LogP contribution in [-0.2, 0) is 10.0 Å². The summed E-state index contributed by atoms with van der Waals surface area (Å²) >= 11 is 1.02. The van der Waals surface area contributed by atoms with Crippen LogP contribution < -0.4 is 20.1 Å². The maximum atomic E-state index is 13.1. The number of hydrogen-bond donors (Lipinski definition) is 5. The number of benzene rings is 3. The maximum Gasteiger partial charge on any atom is 0.319 e. The van der Waals surface area contributed by atoms with Gasteiger partial charge in [0.05, 0.1) is 4.92 Å². The van der Waals surface area contributed by atoms with E-state index in [0.717, 1.165) is 16.9 Å². The monoisotopic (exact) mass is 584 g/mol. The Labute approximate surface area is 233 Å². The van der Waals surface area contributed by atoms with Crippen LogP contribution in [-0.4, -0.2) is 42.7 Å². The van der Waals surface area contributed by atoms with Crippen molar-refractivity contribution < 1.29 is 33.1 Å². The van der Waals surface area contributed by atoms with Crippen LogP contribution in [0.4, 0.5) is 16.2 Å². The lowest BCUT2D eigenvalue weighted by molar-refractivity contribution is -0.384. The van der Waals surface area contributed by atoms with Gasteiger partial charge in [0.1, 0.15) is 15.7 Å². The Morgan fingerprint density at radius 3 is 2.42 bits per heavy atom. The van der Waals surface area contributed by atoms with Gasteiger partial charge in [-0.1, -0.05) is 12.1 Å². The van der Waals surface area contributed by atoms with Gasteiger partial charge in [-0.3, -0.25) is 10.1 Å². The van der Waals surface area contributed by atoms with Gasteiger partial charge >= 0.3 is 6.03 Å². The summed E-state index contributed by atoms with van der Waals surface area (Å²) in [7, 11) is -3.97. The Bertz CT molecular complexity index is 1650. The molecule has 14 heteroatoms. The van der Waals surface area contributed by atoms with Crippen molar-refractivity contribution in [3.63, 3.8) is 0 Å². The lowest BCUT2D eigenvalue weighted by Gasteiger charge is -2.14. The summed E-state index contributed by atoms with van der Waals surface area (Å²) in [5, 5.41) is 36.8. The zero-order valence-corrected chi connectivity index (χ0v) is 22.6. The van der Waals surface area contributed by atoms with E-state index in [9.17, 15) is 33.5 Å². The fraction of sp³-hybridized carbons (Fsp3) is 0.115. The number of nitrogens with one attached hydrogen (secondary N) is 3. The number of phenolic OH excluding ortho intramolecular Hbond substituents is 2. The van der Waals surface area contributed by atoms with Crippen molar-refractivity contribution in [2.24, 2.45) is 0 Å². The smallest absolute Gasteiger partial charge is 0.319 e. The van der Waals surface area contributed by atoms with Gasteiger partial charge in [0.15, 0.2) is 11.5 Å². The van der Waals surface area contributed by atoms with E-state index in [4.69, 9.17) is 4.74 Å². The number of aryl methyl sites for hydroxylation is 1. The minimum Gasteiger partial charge on any atom is -0.504 e. The minimum absolute atomic E-state index is 0.0258. The number of carbonyl (C=O) groups is 1. The van der Waals surface area contributed by atoms with Gasteiger partial charge in [-0.05, 0) is 54.3 Å². The molecule has 0 bridgehead atoms. The molecular weight excluding hydrogens is 560 g/mol. The number of nitrogens with zero attached hydrogens (tertiary/aromatic N) is 1. The Morgan fingerprint density at radius 2 is 1.73 bits per heavy atom. The molecule has 3 aromatic carbocycles. The molecule has 1 aromatic heterocycles. The van der Waals surface area contributed by atoms with Crippen molar-refractivity contribution in [1.29, 1.82) is 0 Å². The van der Waals surface area contributed by atoms with Gasteiger partial charge in [-0.2, -0.15) is 0 Å². The molecule has 0 fully saturated rings. The molecule has 4 rings (SSSR count). The number of ether oxygens (including phenoxy) is 1. The minimum atomic E-state index is -3.97. The standard InChI is InChI=1S/C26H24N4O8S2/c1-16-2-8-20(24(14-16)38-19-7-9-22(31)23(32)15-19)21-10-13-39-25(21)40(36,37)28-12-11-27-26(33)29-17-3-5-18(6-4-17)30(34)35/h2-10,13-15,28,31-32H,11-12H2,1H3,(H2,27,29,33). The Balaban J connectivity index is 1.42. The molecule has 0 spiro atoms. The van der Waals surface area contributed by atoms with Crippen molar-refractivity contribution in [3.05, 3.63) is 87.8 Å². The number of nitro benzene ring substituents is 1. The highest BCUT2D eigenvalue weighted by atomic mass is 32.2. The predicted molar refractivity (Wildman–Crippen MR) is 150 cm³/mol. The summed E-state index contributed by atoms with van der Waals surface area (Å²) < 4.78 is 34.7. The zero-order chi connectivity index (χ0) is 28.9. The van der Waals surface area contributed by atoms with Crippen LogP contribution in [0.5, 0.6) is 23.0 Å². The normalized spacial score (nSPS) is 11.1. The number of anilines is 1. The van der Waals surface area contributed by atoms with E-state index in [2.05, 4.69) is 15.4 Å². The Morgan fingerprint density at radius 1 is 0.975 bits per heavy atom. The highest BCUT2D eigenvalue weighted by Gasteiger charge is 2.23. The highest BCUT2D eigenvalue weighted by Crippen LogP contribution is 2.40. The number of urea groups is 1. The van der Waals surface area contributed by atoms with Crippen molar-refractivity contribution in [3.8, 4) is 34.1 Å². The molecule has 2 amide bonds. The number of carbonyl (C=O) groups excluding carboxylic acids is 1. The van der Waals surface area contributed by atoms with Crippen LogP contribution >= 0.6 is 11.3 Å². The SMILES string of the molecule is Cc1ccc(-c2ccsc2S(=O)(=O)NCCNC(=O)Nc2ccc([N+](=O)[O-])cc2)c(Oc2ccc(O)c(O)c2)c1. The van der Waals surface area contributed by atoms with Crippen LogP contribution in [0.25, 0.3) is 11.1 Å². The van der Waals surface area contributed by atoms with Crippen LogP contribution in [0.1, 0.15) is 5.56 Å². The molecule has 0 aliphatic heterocycles. The fourth-order valence-electron chi connectivity index (χ4n) is 3.60. The third kappa shape index (κ3) is 6.85. The maximum absolute atomic E-state index is 13.1. The first-order valence-electron chi connectivity index (χ1n) is 11.7. The molecule has 0 atom stereocenters. The molecule has 1 heterocycles. The molecule has 12 nitrogen and oxygen atoms in total. The third-order valence-electron chi connectivity index (χ3n) is 5.51. The Hall–Kier alpha value is -4.66. The average molecular weight is 585 g/mol. The first-order valence-corrected chi connectivity index (χ1v) is 14.1. The van der Waals surface area contributed by atoms with Crippen molar-refractivity contribution in [2.45, 2.75) is 11.1 Å². The summed E-state index contributed by atoms with van der Waals surface area (Å²) in [6, 6.07) is 15.6. The zero-order valence-electron chi connectivity index (χ0n) is 21.0. The summed E-state index contributed by atoms with van der Waals surface area (Å²) in [5.74, 6) is -0.0559. The number of amides is 2. The van der Waals surface area contributed by atoms with E-state index in [1.807, 2.05) is 13.0 Å². The molecule has 4 aromatic rings. The molecule has 0 radical (unpaired) electrons. The first kappa shape index (κ1) is 28.4. The van der Waals surface area contributed by atoms with E-state index in [-0.39, 0.29) is 40.2 Å². The number of non-ortho nitro benzene ring substituents is 1. The molecular formula is C26H24N4O8S2.